The lowest BCUT2D eigenvalue weighted by molar-refractivity contribution is -0.117. The Balaban J connectivity index is 1.64. The summed E-state index contributed by atoms with van der Waals surface area (Å²) in [6.45, 7) is 2.07. The lowest BCUT2D eigenvalue weighted by atomic mass is 10.0. The van der Waals surface area contributed by atoms with E-state index in [0.29, 0.717) is 11.8 Å². The highest BCUT2D eigenvalue weighted by Crippen LogP contribution is 2.55. The summed E-state index contributed by atoms with van der Waals surface area (Å²) in [6, 6.07) is 0. The third-order valence-electron chi connectivity index (χ3n) is 4.31. The normalized spacial score (nSPS) is 30.8. The molecular weight excluding hydrogens is 214 g/mol. The third-order valence-corrected chi connectivity index (χ3v) is 4.31. The van der Waals surface area contributed by atoms with Crippen LogP contribution in [0.1, 0.15) is 38.2 Å². The van der Waals surface area contributed by atoms with Gasteiger partial charge in [0.2, 0.25) is 5.91 Å². The molecule has 1 aromatic rings. The van der Waals surface area contributed by atoms with Crippen LogP contribution in [-0.2, 0) is 11.2 Å². The first kappa shape index (κ1) is 10.8. The van der Waals surface area contributed by atoms with Crippen molar-refractivity contribution in [3.05, 3.63) is 11.8 Å². The van der Waals surface area contributed by atoms with Crippen LogP contribution in [0.4, 0.5) is 5.82 Å². The van der Waals surface area contributed by atoms with Gasteiger partial charge in [0.15, 0.2) is 0 Å². The average molecular weight is 233 g/mol. The fraction of sp³-hybridized carbons (Fsp3) is 0.692. The molecule has 2 saturated carbocycles. The van der Waals surface area contributed by atoms with Crippen molar-refractivity contribution >= 4 is 11.7 Å². The molecule has 4 heteroatoms. The summed E-state index contributed by atoms with van der Waals surface area (Å²) < 4.78 is 0. The number of carbonyl (C=O) groups is 1. The molecule has 2 aliphatic carbocycles. The van der Waals surface area contributed by atoms with E-state index in [4.69, 9.17) is 0 Å². The van der Waals surface area contributed by atoms with E-state index >= 15 is 0 Å². The molecule has 2 atom stereocenters. The molecule has 2 unspecified atom stereocenters. The van der Waals surface area contributed by atoms with E-state index in [9.17, 15) is 4.79 Å². The number of aromatic amines is 1. The molecule has 0 radical (unpaired) electrons. The molecule has 0 bridgehead atoms. The fourth-order valence-corrected chi connectivity index (χ4v) is 3.28. The molecule has 1 heterocycles. The Bertz CT molecular complexity index is 414. The number of hydrogen-bond acceptors (Lipinski definition) is 2. The Labute approximate surface area is 101 Å². The number of H-pyrrole nitrogens is 1. The highest BCUT2D eigenvalue weighted by molar-refractivity contribution is 5.94. The minimum atomic E-state index is 0.195. The zero-order valence-electron chi connectivity index (χ0n) is 10.2. The van der Waals surface area contributed by atoms with Crippen LogP contribution < -0.4 is 5.32 Å². The summed E-state index contributed by atoms with van der Waals surface area (Å²) in [7, 11) is 0. The first-order valence-corrected chi connectivity index (χ1v) is 6.64. The van der Waals surface area contributed by atoms with Crippen molar-refractivity contribution in [3.8, 4) is 0 Å². The van der Waals surface area contributed by atoms with Crippen LogP contribution in [0.3, 0.4) is 0 Å². The first-order chi connectivity index (χ1) is 8.31. The lowest BCUT2D eigenvalue weighted by Crippen LogP contribution is -2.16. The average Bonchev–Trinajstić information content (AvgIpc) is 2.92. The SMILES string of the molecule is CCc1cn[nH]c1NC(=O)C1C2CCCCC21. The fourth-order valence-electron chi connectivity index (χ4n) is 3.28. The number of nitrogens with zero attached hydrogens (tertiary/aromatic N) is 1. The van der Waals surface area contributed by atoms with E-state index in [1.807, 2.05) is 0 Å². The molecule has 0 aromatic carbocycles. The molecule has 2 N–H and O–H groups in total. The Morgan fingerprint density at radius 2 is 2.18 bits per heavy atom. The van der Waals surface area contributed by atoms with Crippen LogP contribution in [0, 0.1) is 17.8 Å². The zero-order chi connectivity index (χ0) is 11.8. The lowest BCUT2D eigenvalue weighted by Gasteiger charge is -2.04. The highest BCUT2D eigenvalue weighted by Gasteiger charge is 2.54. The van der Waals surface area contributed by atoms with Gasteiger partial charge in [-0.3, -0.25) is 9.89 Å². The topological polar surface area (TPSA) is 57.8 Å². The van der Waals surface area contributed by atoms with Gasteiger partial charge in [-0.1, -0.05) is 19.8 Å². The van der Waals surface area contributed by atoms with E-state index in [0.717, 1.165) is 17.8 Å². The predicted molar refractivity (Wildman–Crippen MR) is 65.5 cm³/mol. The maximum absolute atomic E-state index is 12.1. The van der Waals surface area contributed by atoms with Crippen molar-refractivity contribution in [2.75, 3.05) is 5.32 Å². The monoisotopic (exact) mass is 233 g/mol. The number of nitrogens with one attached hydrogen (secondary N) is 2. The van der Waals surface area contributed by atoms with Gasteiger partial charge in [0.25, 0.3) is 0 Å². The summed E-state index contributed by atoms with van der Waals surface area (Å²) in [4.78, 5) is 12.1. The van der Waals surface area contributed by atoms with Crippen molar-refractivity contribution in [2.45, 2.75) is 39.0 Å². The van der Waals surface area contributed by atoms with E-state index in [1.165, 1.54) is 25.7 Å². The van der Waals surface area contributed by atoms with Gasteiger partial charge in [-0.15, -0.1) is 0 Å². The van der Waals surface area contributed by atoms with Gasteiger partial charge in [-0.2, -0.15) is 5.10 Å². The summed E-state index contributed by atoms with van der Waals surface area (Å²) in [6.07, 6.45) is 7.77. The maximum atomic E-state index is 12.1. The molecule has 2 fully saturated rings. The standard InChI is InChI=1S/C13H19N3O/c1-2-8-7-14-16-12(8)15-13(17)11-9-5-3-4-6-10(9)11/h7,9-11H,2-6H2,1H3,(H2,14,15,16,17). The van der Waals surface area contributed by atoms with Crippen molar-refractivity contribution in [1.82, 2.24) is 10.2 Å². The second-order valence-electron chi connectivity index (χ2n) is 5.25. The predicted octanol–water partition coefficient (Wildman–Crippen LogP) is 2.35. The quantitative estimate of drug-likeness (QED) is 0.842. The van der Waals surface area contributed by atoms with Crippen LogP contribution in [0.15, 0.2) is 6.20 Å². The number of amides is 1. The molecule has 1 aromatic heterocycles. The molecule has 2 aliphatic rings. The number of hydrogen-bond donors (Lipinski definition) is 2. The van der Waals surface area contributed by atoms with Crippen molar-refractivity contribution in [2.24, 2.45) is 17.8 Å². The number of carbonyl (C=O) groups excluding carboxylic acids is 1. The number of fused-ring (bicyclic) bond motifs is 1. The summed E-state index contributed by atoms with van der Waals surface area (Å²) in [5.74, 6) is 2.58. The Morgan fingerprint density at radius 1 is 1.47 bits per heavy atom. The number of anilines is 1. The summed E-state index contributed by atoms with van der Waals surface area (Å²) in [5.41, 5.74) is 1.09. The molecule has 0 aliphatic heterocycles. The van der Waals surface area contributed by atoms with Crippen LogP contribution >= 0.6 is 0 Å². The van der Waals surface area contributed by atoms with Gasteiger partial charge in [-0.25, -0.2) is 0 Å². The van der Waals surface area contributed by atoms with E-state index in [1.54, 1.807) is 6.20 Å². The van der Waals surface area contributed by atoms with Gasteiger partial charge in [0.05, 0.1) is 6.20 Å². The largest absolute Gasteiger partial charge is 0.311 e. The number of aromatic nitrogens is 2. The van der Waals surface area contributed by atoms with Crippen LogP contribution in [0.25, 0.3) is 0 Å². The molecule has 3 rings (SSSR count). The molecule has 1 amide bonds. The molecule has 92 valence electrons. The molecular formula is C13H19N3O. The van der Waals surface area contributed by atoms with Crippen molar-refractivity contribution in [3.63, 3.8) is 0 Å². The number of aryl methyl sites for hydroxylation is 1. The second-order valence-corrected chi connectivity index (χ2v) is 5.25. The van der Waals surface area contributed by atoms with Gasteiger partial charge < -0.3 is 5.32 Å². The van der Waals surface area contributed by atoms with Crippen LogP contribution in [0.5, 0.6) is 0 Å². The Morgan fingerprint density at radius 3 is 2.82 bits per heavy atom. The molecule has 0 spiro atoms. The third kappa shape index (κ3) is 1.85. The van der Waals surface area contributed by atoms with E-state index in [2.05, 4.69) is 22.4 Å². The first-order valence-electron chi connectivity index (χ1n) is 6.64. The van der Waals surface area contributed by atoms with Gasteiger partial charge in [0.1, 0.15) is 5.82 Å². The van der Waals surface area contributed by atoms with Crippen molar-refractivity contribution in [1.29, 1.82) is 0 Å². The Kier molecular flexibility index (Phi) is 2.65. The van der Waals surface area contributed by atoms with Gasteiger partial charge in [-0.05, 0) is 31.1 Å². The van der Waals surface area contributed by atoms with E-state index < -0.39 is 0 Å². The van der Waals surface area contributed by atoms with Crippen molar-refractivity contribution < 1.29 is 4.79 Å². The van der Waals surface area contributed by atoms with Gasteiger partial charge >= 0.3 is 0 Å². The van der Waals surface area contributed by atoms with Crippen LogP contribution in [0.2, 0.25) is 0 Å². The number of rotatable bonds is 3. The molecule has 4 nitrogen and oxygen atoms in total. The minimum absolute atomic E-state index is 0.195. The zero-order valence-corrected chi connectivity index (χ0v) is 10.2. The van der Waals surface area contributed by atoms with Crippen LogP contribution in [-0.4, -0.2) is 16.1 Å². The summed E-state index contributed by atoms with van der Waals surface area (Å²) >= 11 is 0. The Hall–Kier alpha value is -1.32. The van der Waals surface area contributed by atoms with Gasteiger partial charge in [0, 0.05) is 11.5 Å². The maximum Gasteiger partial charge on any atom is 0.229 e. The summed E-state index contributed by atoms with van der Waals surface area (Å²) in [5, 5.41) is 9.85. The second kappa shape index (κ2) is 4.17. The highest BCUT2D eigenvalue weighted by atomic mass is 16.2. The minimum Gasteiger partial charge on any atom is -0.311 e. The van der Waals surface area contributed by atoms with E-state index in [-0.39, 0.29) is 11.8 Å². The smallest absolute Gasteiger partial charge is 0.229 e. The molecule has 17 heavy (non-hydrogen) atoms. The molecule has 0 saturated heterocycles.